The number of nitro groups is 1. The number of methoxy groups -OCH3 is 4. The molecule has 0 fully saturated rings. The molecule has 13 nitrogen and oxygen atoms in total. The van der Waals surface area contributed by atoms with Crippen LogP contribution in [-0.2, 0) is 0 Å². The molecule has 0 saturated carbocycles. The number of nitrogens with zero attached hydrogens (tertiary/aromatic N) is 4. The second-order valence-corrected chi connectivity index (χ2v) is 7.69. The maximum absolute atomic E-state index is 13.5. The van der Waals surface area contributed by atoms with Crippen LogP contribution in [-0.4, -0.2) is 65.5 Å². The summed E-state index contributed by atoms with van der Waals surface area (Å²) < 4.78 is 22.8. The van der Waals surface area contributed by atoms with Crippen LogP contribution in [0.5, 0.6) is 23.0 Å². The fraction of sp³-hybridized carbons (Fsp3) is 0.240. The first-order chi connectivity index (χ1) is 18.4. The number of ketones is 1. The number of carbonyl (C=O) groups is 1. The number of hydrogen-bond acceptors (Lipinski definition) is 10. The van der Waals surface area contributed by atoms with Crippen molar-refractivity contribution in [3.63, 3.8) is 0 Å². The number of aromatic amines is 1. The normalized spacial score (nSPS) is 10.4. The Kier molecular flexibility index (Phi) is 7.62. The molecule has 0 bridgehead atoms. The number of aromatic nitrogens is 4. The van der Waals surface area contributed by atoms with Crippen LogP contribution in [0, 0.1) is 22.0 Å². The van der Waals surface area contributed by atoms with E-state index < -0.39 is 4.92 Å². The monoisotopic (exact) mass is 520 g/mol. The maximum atomic E-state index is 13.5. The molecule has 0 aliphatic heterocycles. The zero-order valence-corrected chi connectivity index (χ0v) is 21.0. The third-order valence-electron chi connectivity index (χ3n) is 5.59. The van der Waals surface area contributed by atoms with Crippen LogP contribution in [0.1, 0.15) is 28.0 Å². The van der Waals surface area contributed by atoms with E-state index >= 15 is 0 Å². The van der Waals surface area contributed by atoms with Crippen molar-refractivity contribution in [2.24, 2.45) is 0 Å². The number of ether oxygens (including phenoxy) is 4. The summed E-state index contributed by atoms with van der Waals surface area (Å²) in [6, 6.07) is 6.57. The van der Waals surface area contributed by atoms with Gasteiger partial charge in [-0.1, -0.05) is 16.8 Å². The van der Waals surface area contributed by atoms with E-state index in [1.807, 2.05) is 0 Å². The second-order valence-electron chi connectivity index (χ2n) is 7.69. The first-order valence-corrected chi connectivity index (χ1v) is 11.2. The number of H-pyrrole nitrogens is 1. The van der Waals surface area contributed by atoms with Gasteiger partial charge in [0.25, 0.3) is 0 Å². The van der Waals surface area contributed by atoms with Gasteiger partial charge in [-0.3, -0.25) is 15.3 Å². The maximum Gasteiger partial charge on any atom is 0.456 e. The first-order valence-electron chi connectivity index (χ1n) is 11.2. The van der Waals surface area contributed by atoms with E-state index in [9.17, 15) is 14.9 Å². The van der Waals surface area contributed by atoms with Crippen molar-refractivity contribution in [2.45, 2.75) is 6.42 Å². The molecule has 2 heterocycles. The standard InChI is InChI=1S/C25H24N6O7/c1-35-18-9-8-17-21(16(18)7-5-6-10-27-30-12-11-26-25(30)31(33)34)28-29-22(17)23(32)15-13-19(36-2)24(38-4)20(14-15)37-3/h8-9,11-14,27H,6,10H2,1-4H3,(H,28,29). The lowest BCUT2D eigenvalue weighted by Gasteiger charge is -2.13. The van der Waals surface area contributed by atoms with Gasteiger partial charge >= 0.3 is 5.95 Å². The number of imidazole rings is 1. The third kappa shape index (κ3) is 4.87. The van der Waals surface area contributed by atoms with Crippen molar-refractivity contribution in [1.82, 2.24) is 19.9 Å². The van der Waals surface area contributed by atoms with Gasteiger partial charge in [-0.15, -0.1) is 4.68 Å². The molecular formula is C25H24N6O7. The largest absolute Gasteiger partial charge is 0.495 e. The molecule has 0 radical (unpaired) electrons. The molecule has 38 heavy (non-hydrogen) atoms. The van der Waals surface area contributed by atoms with Crippen molar-refractivity contribution >= 4 is 22.6 Å². The molecule has 0 unspecified atom stereocenters. The van der Waals surface area contributed by atoms with E-state index in [2.05, 4.69) is 32.4 Å². The van der Waals surface area contributed by atoms with Gasteiger partial charge in [-0.25, -0.2) is 0 Å². The molecule has 0 saturated heterocycles. The molecule has 4 rings (SSSR count). The summed E-state index contributed by atoms with van der Waals surface area (Å²) in [7, 11) is 5.94. The molecule has 2 aromatic carbocycles. The zero-order chi connectivity index (χ0) is 27.2. The van der Waals surface area contributed by atoms with Gasteiger partial charge in [0.1, 0.15) is 29.4 Å². The molecule has 4 aromatic rings. The zero-order valence-electron chi connectivity index (χ0n) is 21.0. The van der Waals surface area contributed by atoms with E-state index in [0.717, 1.165) is 0 Å². The third-order valence-corrected chi connectivity index (χ3v) is 5.59. The minimum absolute atomic E-state index is 0.258. The van der Waals surface area contributed by atoms with Crippen LogP contribution in [0.3, 0.4) is 0 Å². The smallest absolute Gasteiger partial charge is 0.456 e. The summed E-state index contributed by atoms with van der Waals surface area (Å²) in [6.45, 7) is 0.327. The Morgan fingerprint density at radius 1 is 1.11 bits per heavy atom. The second kappa shape index (κ2) is 11.2. The quantitative estimate of drug-likeness (QED) is 0.105. The molecular weight excluding hydrogens is 496 g/mol. The van der Waals surface area contributed by atoms with Crippen LogP contribution in [0.2, 0.25) is 0 Å². The molecule has 13 heteroatoms. The van der Waals surface area contributed by atoms with E-state index in [1.54, 1.807) is 24.3 Å². The molecule has 2 N–H and O–H groups in total. The van der Waals surface area contributed by atoms with Gasteiger partial charge in [0.15, 0.2) is 11.5 Å². The molecule has 0 aliphatic rings. The molecule has 196 valence electrons. The van der Waals surface area contributed by atoms with Crippen molar-refractivity contribution in [3.05, 3.63) is 63.6 Å². The highest BCUT2D eigenvalue weighted by atomic mass is 16.6. The molecule has 0 amide bonds. The average Bonchev–Trinajstić information content (AvgIpc) is 3.59. The fourth-order valence-corrected chi connectivity index (χ4v) is 3.83. The summed E-state index contributed by atoms with van der Waals surface area (Å²) in [5.74, 6) is 6.97. The summed E-state index contributed by atoms with van der Waals surface area (Å²) in [5.41, 5.74) is 4.41. The Morgan fingerprint density at radius 2 is 1.82 bits per heavy atom. The Hall–Kier alpha value is -5.25. The van der Waals surface area contributed by atoms with Crippen LogP contribution >= 0.6 is 0 Å². The highest BCUT2D eigenvalue weighted by Crippen LogP contribution is 2.39. The predicted octanol–water partition coefficient (Wildman–Crippen LogP) is 2.92. The van der Waals surface area contributed by atoms with E-state index in [1.165, 1.54) is 45.5 Å². The van der Waals surface area contributed by atoms with Crippen molar-refractivity contribution < 1.29 is 28.7 Å². The first kappa shape index (κ1) is 25.8. The SMILES string of the molecule is COc1cc(C(=O)c2[nH]nc3c(C#CCCNn4ccnc4[N+](=O)[O-])c(OC)ccc23)cc(OC)c1OC. The van der Waals surface area contributed by atoms with Crippen molar-refractivity contribution in [1.29, 1.82) is 0 Å². The van der Waals surface area contributed by atoms with Crippen LogP contribution in [0.15, 0.2) is 36.7 Å². The van der Waals surface area contributed by atoms with Gasteiger partial charge < -0.3 is 29.1 Å². The Bertz CT molecular complexity index is 1540. The summed E-state index contributed by atoms with van der Waals surface area (Å²) in [6.07, 6.45) is 3.14. The van der Waals surface area contributed by atoms with Crippen LogP contribution < -0.4 is 24.4 Å². The minimum Gasteiger partial charge on any atom is -0.495 e. The number of carbonyl (C=O) groups excluding carboxylic acids is 1. The number of benzene rings is 2. The number of rotatable bonds is 10. The van der Waals surface area contributed by atoms with Gasteiger partial charge in [-0.05, 0) is 29.2 Å². The van der Waals surface area contributed by atoms with Gasteiger partial charge in [0.2, 0.25) is 11.5 Å². The van der Waals surface area contributed by atoms with Crippen molar-refractivity contribution in [2.75, 3.05) is 40.4 Å². The van der Waals surface area contributed by atoms with Crippen molar-refractivity contribution in [3.8, 4) is 34.8 Å². The van der Waals surface area contributed by atoms with Crippen LogP contribution in [0.4, 0.5) is 5.95 Å². The summed E-state index contributed by atoms with van der Waals surface area (Å²) in [4.78, 5) is 27.5. The summed E-state index contributed by atoms with van der Waals surface area (Å²) >= 11 is 0. The van der Waals surface area contributed by atoms with Crippen LogP contribution in [0.25, 0.3) is 10.9 Å². The lowest BCUT2D eigenvalue weighted by atomic mass is 10.0. The topological polar surface area (TPSA) is 156 Å². The number of fused-ring (bicyclic) bond motifs is 1. The number of hydrogen-bond donors (Lipinski definition) is 2. The van der Waals surface area contributed by atoms with E-state index in [-0.39, 0.29) is 17.4 Å². The summed E-state index contributed by atoms with van der Waals surface area (Å²) in [5, 5.41) is 18.7. The van der Waals surface area contributed by atoms with E-state index in [4.69, 9.17) is 18.9 Å². The predicted molar refractivity (Wildman–Crippen MR) is 137 cm³/mol. The van der Waals surface area contributed by atoms with E-state index in [0.29, 0.717) is 58.0 Å². The highest BCUT2D eigenvalue weighted by molar-refractivity contribution is 6.16. The highest BCUT2D eigenvalue weighted by Gasteiger charge is 2.22. The van der Waals surface area contributed by atoms with Gasteiger partial charge in [0.05, 0.1) is 40.5 Å². The molecule has 0 aliphatic carbocycles. The fourth-order valence-electron chi connectivity index (χ4n) is 3.83. The minimum atomic E-state index is -0.585. The lowest BCUT2D eigenvalue weighted by Crippen LogP contribution is -2.16. The molecule has 2 aromatic heterocycles. The Labute approximate surface area is 216 Å². The molecule has 0 atom stereocenters. The Balaban J connectivity index is 1.62. The Morgan fingerprint density at radius 3 is 2.45 bits per heavy atom. The van der Waals surface area contributed by atoms with Gasteiger partial charge in [0, 0.05) is 17.4 Å². The molecule has 0 spiro atoms. The van der Waals surface area contributed by atoms with Gasteiger partial charge in [-0.2, -0.15) is 5.10 Å². The average molecular weight is 521 g/mol. The lowest BCUT2D eigenvalue weighted by molar-refractivity contribution is -0.396. The number of nitrogens with one attached hydrogen (secondary N) is 2.